The molecule has 8 heteroatoms. The molecule has 3 aromatic heterocycles. The standard InChI is InChI=1S/C22H19N7O/c1-15-13-28(14-24-15)18-9-8-17(10-20(18)30-2)25-22-26-21-12-23-11-19(29(21)27-22)16-6-4-3-5-7-16/h3-14H,1-2H3,(H,25,27). The zero-order valence-corrected chi connectivity index (χ0v) is 16.5. The molecular weight excluding hydrogens is 378 g/mol. The monoisotopic (exact) mass is 397 g/mol. The summed E-state index contributed by atoms with van der Waals surface area (Å²) in [5.41, 5.74) is 5.22. The van der Waals surface area contributed by atoms with Gasteiger partial charge in [0.1, 0.15) is 5.75 Å². The van der Waals surface area contributed by atoms with Crippen LogP contribution >= 0.6 is 0 Å². The molecule has 0 atom stereocenters. The largest absolute Gasteiger partial charge is 0.494 e. The molecule has 0 aliphatic rings. The Morgan fingerprint density at radius 2 is 1.90 bits per heavy atom. The van der Waals surface area contributed by atoms with Crippen molar-refractivity contribution in [1.82, 2.24) is 29.1 Å². The van der Waals surface area contributed by atoms with Gasteiger partial charge in [-0.25, -0.2) is 9.50 Å². The lowest BCUT2D eigenvalue weighted by Crippen LogP contribution is -1.99. The molecular formula is C22H19N7O. The van der Waals surface area contributed by atoms with Crippen LogP contribution in [0.25, 0.3) is 22.6 Å². The van der Waals surface area contributed by atoms with Crippen molar-refractivity contribution in [3.63, 3.8) is 0 Å². The Bertz CT molecular complexity index is 1320. The zero-order chi connectivity index (χ0) is 20.5. The third-order valence-electron chi connectivity index (χ3n) is 4.74. The summed E-state index contributed by atoms with van der Waals surface area (Å²) >= 11 is 0. The Hall–Kier alpha value is -4.20. The minimum atomic E-state index is 0.480. The third-order valence-corrected chi connectivity index (χ3v) is 4.74. The van der Waals surface area contributed by atoms with Gasteiger partial charge >= 0.3 is 0 Å². The van der Waals surface area contributed by atoms with Crippen LogP contribution in [0.15, 0.2) is 73.4 Å². The van der Waals surface area contributed by atoms with Crippen LogP contribution in [0, 0.1) is 6.92 Å². The molecule has 0 amide bonds. The van der Waals surface area contributed by atoms with E-state index >= 15 is 0 Å². The first-order chi connectivity index (χ1) is 14.7. The Morgan fingerprint density at radius 1 is 1.03 bits per heavy atom. The SMILES string of the molecule is COc1cc(Nc2nc3cncc(-c4ccccc4)n3n2)ccc1-n1cnc(C)c1. The van der Waals surface area contributed by atoms with E-state index in [0.717, 1.165) is 28.3 Å². The number of imidazole rings is 1. The number of anilines is 2. The van der Waals surface area contributed by atoms with Crippen molar-refractivity contribution in [3.8, 4) is 22.7 Å². The molecule has 0 radical (unpaired) electrons. The van der Waals surface area contributed by atoms with Gasteiger partial charge in [-0.3, -0.25) is 4.98 Å². The van der Waals surface area contributed by atoms with Gasteiger partial charge in [-0.1, -0.05) is 30.3 Å². The van der Waals surface area contributed by atoms with Crippen molar-refractivity contribution in [2.45, 2.75) is 6.92 Å². The van der Waals surface area contributed by atoms with E-state index in [4.69, 9.17) is 4.74 Å². The number of hydrogen-bond donors (Lipinski definition) is 1. The summed E-state index contributed by atoms with van der Waals surface area (Å²) in [6, 6.07) is 15.8. The van der Waals surface area contributed by atoms with Gasteiger partial charge in [0.05, 0.1) is 42.9 Å². The summed E-state index contributed by atoms with van der Waals surface area (Å²) in [6.07, 6.45) is 7.19. The first kappa shape index (κ1) is 17.9. The number of methoxy groups -OCH3 is 1. The second-order valence-corrected chi connectivity index (χ2v) is 6.80. The Morgan fingerprint density at radius 3 is 2.67 bits per heavy atom. The number of aryl methyl sites for hydroxylation is 1. The number of hydrogen-bond acceptors (Lipinski definition) is 6. The normalized spacial score (nSPS) is 11.0. The molecule has 2 aromatic carbocycles. The maximum absolute atomic E-state index is 5.58. The number of nitrogens with zero attached hydrogens (tertiary/aromatic N) is 6. The van der Waals surface area contributed by atoms with Crippen LogP contribution in [0.2, 0.25) is 0 Å². The van der Waals surface area contributed by atoms with E-state index in [1.807, 2.05) is 66.2 Å². The van der Waals surface area contributed by atoms with Crippen LogP contribution in [0.3, 0.4) is 0 Å². The predicted molar refractivity (Wildman–Crippen MR) is 114 cm³/mol. The maximum Gasteiger partial charge on any atom is 0.247 e. The van der Waals surface area contributed by atoms with E-state index < -0.39 is 0 Å². The average molecular weight is 397 g/mol. The topological polar surface area (TPSA) is 82.2 Å². The van der Waals surface area contributed by atoms with Gasteiger partial charge in [0, 0.05) is 23.5 Å². The molecule has 0 aliphatic carbocycles. The number of rotatable bonds is 5. The first-order valence-corrected chi connectivity index (χ1v) is 9.43. The van der Waals surface area contributed by atoms with Gasteiger partial charge in [-0.05, 0) is 19.1 Å². The summed E-state index contributed by atoms with van der Waals surface area (Å²) in [5.74, 6) is 1.20. The Labute approximate surface area is 172 Å². The molecule has 0 saturated carbocycles. The van der Waals surface area contributed by atoms with Crippen LogP contribution in [-0.4, -0.2) is 36.2 Å². The summed E-state index contributed by atoms with van der Waals surface area (Å²) in [5, 5.41) is 7.88. The molecule has 0 bridgehead atoms. The van der Waals surface area contributed by atoms with E-state index in [2.05, 4.69) is 25.4 Å². The fourth-order valence-electron chi connectivity index (χ4n) is 3.32. The second kappa shape index (κ2) is 7.32. The first-order valence-electron chi connectivity index (χ1n) is 9.43. The van der Waals surface area contributed by atoms with Crippen molar-refractivity contribution in [1.29, 1.82) is 0 Å². The number of benzene rings is 2. The van der Waals surface area contributed by atoms with Crippen molar-refractivity contribution in [2.75, 3.05) is 12.4 Å². The van der Waals surface area contributed by atoms with Crippen LogP contribution < -0.4 is 10.1 Å². The molecule has 8 nitrogen and oxygen atoms in total. The van der Waals surface area contributed by atoms with Crippen LogP contribution in [0.5, 0.6) is 5.75 Å². The van der Waals surface area contributed by atoms with E-state index in [0.29, 0.717) is 17.3 Å². The fraction of sp³-hybridized carbons (Fsp3) is 0.0909. The van der Waals surface area contributed by atoms with Crippen molar-refractivity contribution in [3.05, 3.63) is 79.1 Å². The van der Waals surface area contributed by atoms with Crippen molar-refractivity contribution < 1.29 is 4.74 Å². The quantitative estimate of drug-likeness (QED) is 0.482. The molecule has 1 N–H and O–H groups in total. The lowest BCUT2D eigenvalue weighted by atomic mass is 10.2. The van der Waals surface area contributed by atoms with E-state index in [1.54, 1.807) is 30.3 Å². The highest BCUT2D eigenvalue weighted by atomic mass is 16.5. The number of nitrogens with one attached hydrogen (secondary N) is 1. The average Bonchev–Trinajstić information content (AvgIpc) is 3.39. The minimum Gasteiger partial charge on any atom is -0.494 e. The van der Waals surface area contributed by atoms with E-state index in [9.17, 15) is 0 Å². The van der Waals surface area contributed by atoms with Crippen LogP contribution in [-0.2, 0) is 0 Å². The lowest BCUT2D eigenvalue weighted by Gasteiger charge is -2.11. The third kappa shape index (κ3) is 3.24. The van der Waals surface area contributed by atoms with E-state index in [1.165, 1.54) is 0 Å². The summed E-state index contributed by atoms with van der Waals surface area (Å²) < 4.78 is 9.29. The summed E-state index contributed by atoms with van der Waals surface area (Å²) in [7, 11) is 1.65. The Kier molecular flexibility index (Phi) is 4.36. The van der Waals surface area contributed by atoms with Crippen LogP contribution in [0.1, 0.15) is 5.69 Å². The van der Waals surface area contributed by atoms with Gasteiger partial charge in [0.15, 0.2) is 5.65 Å². The smallest absolute Gasteiger partial charge is 0.247 e. The molecule has 0 spiro atoms. The van der Waals surface area contributed by atoms with Gasteiger partial charge in [-0.15, -0.1) is 5.10 Å². The molecule has 148 valence electrons. The molecule has 0 aliphatic heterocycles. The molecule has 5 rings (SSSR count). The van der Waals surface area contributed by atoms with Gasteiger partial charge in [0.2, 0.25) is 5.95 Å². The molecule has 5 aromatic rings. The molecule has 3 heterocycles. The number of aromatic nitrogens is 6. The molecule has 0 fully saturated rings. The van der Waals surface area contributed by atoms with Crippen LogP contribution in [0.4, 0.5) is 11.6 Å². The summed E-state index contributed by atoms with van der Waals surface area (Å²) in [4.78, 5) is 13.1. The van der Waals surface area contributed by atoms with Gasteiger partial charge in [-0.2, -0.15) is 4.98 Å². The minimum absolute atomic E-state index is 0.480. The lowest BCUT2D eigenvalue weighted by molar-refractivity contribution is 0.413. The second-order valence-electron chi connectivity index (χ2n) is 6.80. The highest BCUT2D eigenvalue weighted by molar-refractivity contribution is 5.65. The predicted octanol–water partition coefficient (Wildman–Crippen LogP) is 4.04. The number of fused-ring (bicyclic) bond motifs is 1. The van der Waals surface area contributed by atoms with E-state index in [-0.39, 0.29) is 0 Å². The Balaban J connectivity index is 1.49. The maximum atomic E-state index is 5.58. The highest BCUT2D eigenvalue weighted by Gasteiger charge is 2.12. The van der Waals surface area contributed by atoms with Gasteiger partial charge < -0.3 is 14.6 Å². The molecule has 30 heavy (non-hydrogen) atoms. The molecule has 0 unspecified atom stereocenters. The molecule has 0 saturated heterocycles. The van der Waals surface area contributed by atoms with Crippen molar-refractivity contribution in [2.24, 2.45) is 0 Å². The van der Waals surface area contributed by atoms with Gasteiger partial charge in [0.25, 0.3) is 0 Å². The highest BCUT2D eigenvalue weighted by Crippen LogP contribution is 2.28. The fourth-order valence-corrected chi connectivity index (χ4v) is 3.32. The zero-order valence-electron chi connectivity index (χ0n) is 16.5. The summed E-state index contributed by atoms with van der Waals surface area (Å²) in [6.45, 7) is 1.95. The number of ether oxygens (including phenoxy) is 1. The van der Waals surface area contributed by atoms with Crippen molar-refractivity contribution >= 4 is 17.3 Å².